The van der Waals surface area contributed by atoms with Crippen LogP contribution in [0, 0.1) is 6.20 Å². The van der Waals surface area contributed by atoms with Gasteiger partial charge in [-0.15, -0.1) is 0 Å². The van der Waals surface area contributed by atoms with E-state index in [4.69, 9.17) is 9.97 Å². The largest absolute Gasteiger partial charge is 0.338 e. The minimum absolute atomic E-state index is 0. The van der Waals surface area contributed by atoms with E-state index in [0.29, 0.717) is 0 Å². The Kier molecular flexibility index (Phi) is 5.55. The molecule has 0 N–H and O–H groups in total. The third-order valence-corrected chi connectivity index (χ3v) is 5.99. The average molecular weight is 620 g/mol. The Bertz CT molecular complexity index is 1630. The molecular weight excluding hydrogens is 597 g/mol. The zero-order valence-corrected chi connectivity index (χ0v) is 21.6. The molecule has 0 saturated carbocycles. The third kappa shape index (κ3) is 3.53. The third-order valence-electron chi connectivity index (χ3n) is 5.99. The van der Waals surface area contributed by atoms with Crippen molar-refractivity contribution in [2.24, 2.45) is 0 Å². The van der Waals surface area contributed by atoms with Gasteiger partial charge in [0.25, 0.3) is 0 Å². The van der Waals surface area contributed by atoms with Crippen LogP contribution in [0.1, 0.15) is 26.6 Å². The maximum absolute atomic E-state index is 5.13. The van der Waals surface area contributed by atoms with Crippen molar-refractivity contribution in [1.82, 2.24) is 19.4 Å². The monoisotopic (exact) mass is 620 g/mol. The number of pyridine rings is 1. The number of nitrogens with zero attached hydrogens (tertiary/aromatic N) is 4. The van der Waals surface area contributed by atoms with E-state index >= 15 is 0 Å². The Morgan fingerprint density at radius 1 is 0.735 bits per heavy atom. The fraction of sp³-hybridized carbons (Fsp3) is 0.138. The quantitative estimate of drug-likeness (QED) is 0.199. The first-order valence-electron chi connectivity index (χ1n) is 11.2. The van der Waals surface area contributed by atoms with Gasteiger partial charge in [0, 0.05) is 31.6 Å². The molecule has 0 atom stereocenters. The number of rotatable bonds is 2. The first-order valence-corrected chi connectivity index (χ1v) is 11.2. The van der Waals surface area contributed by atoms with Crippen LogP contribution in [0.3, 0.4) is 0 Å². The Morgan fingerprint density at radius 3 is 2.03 bits per heavy atom. The van der Waals surface area contributed by atoms with Crippen LogP contribution in [0.15, 0.2) is 84.9 Å². The molecule has 0 saturated heterocycles. The second kappa shape index (κ2) is 8.43. The van der Waals surface area contributed by atoms with Gasteiger partial charge in [-0.1, -0.05) is 99.0 Å². The van der Waals surface area contributed by atoms with Gasteiger partial charge in [-0.3, -0.25) is 4.98 Å². The molecule has 0 spiro atoms. The molecule has 6 aromatic rings. The summed E-state index contributed by atoms with van der Waals surface area (Å²) in [7, 11) is 0. The number of hydrogen-bond acceptors (Lipinski definition) is 3. The molecular formula is C29H23IrN4-. The van der Waals surface area contributed by atoms with Crippen molar-refractivity contribution in [3.05, 3.63) is 97.0 Å². The molecule has 0 fully saturated rings. The van der Waals surface area contributed by atoms with Gasteiger partial charge >= 0.3 is 0 Å². The molecule has 34 heavy (non-hydrogen) atoms. The second-order valence-corrected chi connectivity index (χ2v) is 9.35. The summed E-state index contributed by atoms with van der Waals surface area (Å²) >= 11 is 0. The van der Waals surface area contributed by atoms with Gasteiger partial charge in [-0.2, -0.15) is 0 Å². The smallest absolute Gasteiger partial charge is 0.0774 e. The number of para-hydroxylation sites is 2. The maximum atomic E-state index is 5.13. The topological polar surface area (TPSA) is 43.1 Å². The Hall–Kier alpha value is -3.40. The van der Waals surface area contributed by atoms with E-state index in [1.165, 1.54) is 0 Å². The van der Waals surface area contributed by atoms with Gasteiger partial charge in [-0.25, -0.2) is 0 Å². The summed E-state index contributed by atoms with van der Waals surface area (Å²) in [6.45, 7) is 6.39. The van der Waals surface area contributed by atoms with Crippen LogP contribution in [0.2, 0.25) is 0 Å². The van der Waals surface area contributed by atoms with Crippen molar-refractivity contribution in [3.63, 3.8) is 0 Å². The fourth-order valence-electron chi connectivity index (χ4n) is 4.41. The molecule has 1 radical (unpaired) electrons. The number of imidazole rings is 1. The second-order valence-electron chi connectivity index (χ2n) is 9.35. The number of aromatic nitrogens is 4. The summed E-state index contributed by atoms with van der Waals surface area (Å²) in [4.78, 5) is 14.8. The van der Waals surface area contributed by atoms with E-state index < -0.39 is 0 Å². The summed E-state index contributed by atoms with van der Waals surface area (Å²) in [6.07, 6.45) is 3.32. The summed E-state index contributed by atoms with van der Waals surface area (Å²) in [5, 5.41) is 0.831. The molecule has 6 rings (SSSR count). The molecule has 0 aliphatic heterocycles. The average Bonchev–Trinajstić information content (AvgIpc) is 3.23. The van der Waals surface area contributed by atoms with E-state index in [9.17, 15) is 0 Å². The van der Waals surface area contributed by atoms with Gasteiger partial charge in [0.15, 0.2) is 0 Å². The normalized spacial score (nSPS) is 11.7. The van der Waals surface area contributed by atoms with Gasteiger partial charge in [0.05, 0.1) is 16.7 Å². The Balaban J connectivity index is 0.00000241. The molecule has 3 heterocycles. The predicted molar refractivity (Wildman–Crippen MR) is 134 cm³/mol. The first kappa shape index (κ1) is 22.4. The number of hydrogen-bond donors (Lipinski definition) is 0. The molecule has 3 aromatic carbocycles. The number of fused-ring (bicyclic) bond motifs is 5. The van der Waals surface area contributed by atoms with Gasteiger partial charge in [-0.05, 0) is 46.0 Å². The molecule has 0 aliphatic carbocycles. The summed E-state index contributed by atoms with van der Waals surface area (Å²) in [5.74, 6) is 0.770. The van der Waals surface area contributed by atoms with Crippen LogP contribution in [-0.4, -0.2) is 19.4 Å². The SMILES string of the molecule is CC(C)(C)c1n[c-]c2c(n1)c(-c1ccccc1)c(-c1ccccc1)n1c3ccccc3nc21.[Ir]. The van der Waals surface area contributed by atoms with Crippen LogP contribution in [0.25, 0.3) is 50.0 Å². The predicted octanol–water partition coefficient (Wildman–Crippen LogP) is 6.86. The minimum atomic E-state index is -0.197. The molecule has 3 aromatic heterocycles. The summed E-state index contributed by atoms with van der Waals surface area (Å²) in [5.41, 5.74) is 7.86. The van der Waals surface area contributed by atoms with Crippen LogP contribution >= 0.6 is 0 Å². The standard InChI is InChI=1S/C29H23N4.Ir/c1-29(2,3)28-30-18-21-25(32-28)24(19-12-6-4-7-13-19)26(20-14-8-5-9-15-20)33-23-17-11-10-16-22(23)31-27(21)33;/h4-17H,1-3H3;/q-1;. The fourth-order valence-corrected chi connectivity index (χ4v) is 4.41. The van der Waals surface area contributed by atoms with Crippen molar-refractivity contribution in [3.8, 4) is 22.4 Å². The zero-order chi connectivity index (χ0) is 22.6. The molecule has 0 unspecified atom stereocenters. The van der Waals surface area contributed by atoms with E-state index in [2.05, 4.69) is 103 Å². The summed E-state index contributed by atoms with van der Waals surface area (Å²) < 4.78 is 2.24. The maximum Gasteiger partial charge on any atom is 0.0774 e. The molecule has 5 heteroatoms. The minimum Gasteiger partial charge on any atom is -0.338 e. The Morgan fingerprint density at radius 2 is 1.35 bits per heavy atom. The van der Waals surface area contributed by atoms with Gasteiger partial charge < -0.3 is 14.4 Å². The van der Waals surface area contributed by atoms with E-state index in [1.807, 2.05) is 18.2 Å². The van der Waals surface area contributed by atoms with Crippen molar-refractivity contribution < 1.29 is 20.1 Å². The number of benzene rings is 3. The van der Waals surface area contributed by atoms with Crippen LogP contribution in [0.5, 0.6) is 0 Å². The van der Waals surface area contributed by atoms with Crippen molar-refractivity contribution in [2.45, 2.75) is 26.2 Å². The molecule has 169 valence electrons. The Labute approximate surface area is 212 Å². The molecule has 0 amide bonds. The van der Waals surface area contributed by atoms with Crippen LogP contribution in [0.4, 0.5) is 0 Å². The van der Waals surface area contributed by atoms with Crippen molar-refractivity contribution in [1.29, 1.82) is 0 Å². The first-order chi connectivity index (χ1) is 16.0. The molecule has 4 nitrogen and oxygen atoms in total. The van der Waals surface area contributed by atoms with Crippen LogP contribution < -0.4 is 0 Å². The van der Waals surface area contributed by atoms with Crippen molar-refractivity contribution >= 4 is 27.6 Å². The molecule has 0 bridgehead atoms. The summed E-state index contributed by atoms with van der Waals surface area (Å²) in [6, 6.07) is 29.2. The van der Waals surface area contributed by atoms with Crippen molar-refractivity contribution in [2.75, 3.05) is 0 Å². The van der Waals surface area contributed by atoms with E-state index in [1.54, 1.807) is 0 Å². The van der Waals surface area contributed by atoms with E-state index in [0.717, 1.165) is 55.8 Å². The zero-order valence-electron chi connectivity index (χ0n) is 19.2. The van der Waals surface area contributed by atoms with E-state index in [-0.39, 0.29) is 25.5 Å². The van der Waals surface area contributed by atoms with Gasteiger partial charge in [0.2, 0.25) is 0 Å². The van der Waals surface area contributed by atoms with Crippen LogP contribution in [-0.2, 0) is 25.5 Å². The molecule has 0 aliphatic rings. The van der Waals surface area contributed by atoms with Gasteiger partial charge in [0.1, 0.15) is 0 Å².